The minimum atomic E-state index is 0.174. The number of amides is 1. The van der Waals surface area contributed by atoms with Gasteiger partial charge in [0, 0.05) is 32.0 Å². The lowest BCUT2D eigenvalue weighted by Crippen LogP contribution is -2.30. The van der Waals surface area contributed by atoms with E-state index < -0.39 is 0 Å². The van der Waals surface area contributed by atoms with E-state index in [0.29, 0.717) is 25.5 Å². The first-order valence-corrected chi connectivity index (χ1v) is 6.89. The number of nitrogens with two attached hydrogens (primary N) is 1. The summed E-state index contributed by atoms with van der Waals surface area (Å²) in [7, 11) is 0. The number of carbonyl (C=O) groups is 1. The Labute approximate surface area is 114 Å². The monoisotopic (exact) mass is 262 g/mol. The van der Waals surface area contributed by atoms with E-state index in [-0.39, 0.29) is 5.91 Å². The maximum absolute atomic E-state index is 11.7. The molecule has 1 amide bonds. The van der Waals surface area contributed by atoms with Crippen LogP contribution in [0.3, 0.4) is 0 Å². The van der Waals surface area contributed by atoms with Gasteiger partial charge in [-0.05, 0) is 12.0 Å². The van der Waals surface area contributed by atoms with Crippen LogP contribution in [0.15, 0.2) is 30.3 Å². The first-order valence-electron chi connectivity index (χ1n) is 6.89. The molecule has 1 atom stereocenters. The Morgan fingerprint density at radius 3 is 2.89 bits per heavy atom. The van der Waals surface area contributed by atoms with Gasteiger partial charge < -0.3 is 15.4 Å². The second-order valence-electron chi connectivity index (χ2n) is 5.03. The number of hydrogen-bond acceptors (Lipinski definition) is 3. The number of nitrogens with zero attached hydrogens (tertiary/aromatic N) is 1. The largest absolute Gasteiger partial charge is 0.376 e. The van der Waals surface area contributed by atoms with Gasteiger partial charge in [0.2, 0.25) is 5.91 Å². The Morgan fingerprint density at radius 2 is 2.16 bits per heavy atom. The molecule has 1 fully saturated rings. The van der Waals surface area contributed by atoms with Crippen LogP contribution >= 0.6 is 0 Å². The van der Waals surface area contributed by atoms with Gasteiger partial charge >= 0.3 is 0 Å². The predicted molar refractivity (Wildman–Crippen MR) is 74.5 cm³/mol. The Hall–Kier alpha value is -1.39. The van der Waals surface area contributed by atoms with Gasteiger partial charge in [0.25, 0.3) is 0 Å². The molecule has 0 aliphatic carbocycles. The lowest BCUT2D eigenvalue weighted by molar-refractivity contribution is -0.130. The first-order chi connectivity index (χ1) is 9.29. The summed E-state index contributed by atoms with van der Waals surface area (Å²) in [6, 6.07) is 10.2. The molecule has 1 saturated heterocycles. The molecule has 4 heteroatoms. The van der Waals surface area contributed by atoms with Gasteiger partial charge in [0.1, 0.15) is 0 Å². The van der Waals surface area contributed by atoms with Crippen LogP contribution in [0.5, 0.6) is 0 Å². The van der Waals surface area contributed by atoms with Crippen molar-refractivity contribution in [3.8, 4) is 0 Å². The number of benzene rings is 1. The van der Waals surface area contributed by atoms with Crippen molar-refractivity contribution in [1.29, 1.82) is 0 Å². The van der Waals surface area contributed by atoms with Crippen molar-refractivity contribution in [2.75, 3.05) is 26.2 Å². The average Bonchev–Trinajstić information content (AvgIpc) is 2.89. The summed E-state index contributed by atoms with van der Waals surface area (Å²) < 4.78 is 5.73. The van der Waals surface area contributed by atoms with Gasteiger partial charge in [-0.3, -0.25) is 4.79 Å². The minimum absolute atomic E-state index is 0.174. The molecule has 1 aromatic rings. The molecule has 1 unspecified atom stereocenters. The molecule has 0 aromatic heterocycles. The number of likely N-dealkylation sites (tertiary alicyclic amines) is 1. The standard InChI is InChI=1S/C15H22N2O2/c16-8-6-15(18)17-9-7-14(10-17)12-19-11-13-4-2-1-3-5-13/h1-5,14H,6-12,16H2. The van der Waals surface area contributed by atoms with E-state index in [1.807, 2.05) is 23.1 Å². The minimum Gasteiger partial charge on any atom is -0.376 e. The summed E-state index contributed by atoms with van der Waals surface area (Å²) in [5.41, 5.74) is 6.60. The van der Waals surface area contributed by atoms with Crippen LogP contribution in [0.2, 0.25) is 0 Å². The maximum atomic E-state index is 11.7. The van der Waals surface area contributed by atoms with Crippen molar-refractivity contribution >= 4 is 5.91 Å². The van der Waals surface area contributed by atoms with E-state index in [2.05, 4.69) is 12.1 Å². The molecule has 0 saturated carbocycles. The zero-order chi connectivity index (χ0) is 13.5. The fourth-order valence-corrected chi connectivity index (χ4v) is 2.39. The molecule has 2 N–H and O–H groups in total. The van der Waals surface area contributed by atoms with Crippen molar-refractivity contribution in [3.63, 3.8) is 0 Å². The smallest absolute Gasteiger partial charge is 0.223 e. The summed E-state index contributed by atoms with van der Waals surface area (Å²) in [5.74, 6) is 0.637. The highest BCUT2D eigenvalue weighted by Crippen LogP contribution is 2.17. The highest BCUT2D eigenvalue weighted by atomic mass is 16.5. The van der Waals surface area contributed by atoms with Crippen molar-refractivity contribution < 1.29 is 9.53 Å². The predicted octanol–water partition coefficient (Wildman–Crippen LogP) is 1.40. The number of hydrogen-bond donors (Lipinski definition) is 1. The van der Waals surface area contributed by atoms with Crippen LogP contribution in [0.4, 0.5) is 0 Å². The molecular formula is C15H22N2O2. The third-order valence-corrected chi connectivity index (χ3v) is 3.46. The van der Waals surface area contributed by atoms with Crippen LogP contribution < -0.4 is 5.73 Å². The second-order valence-corrected chi connectivity index (χ2v) is 5.03. The maximum Gasteiger partial charge on any atom is 0.223 e. The molecule has 4 nitrogen and oxygen atoms in total. The van der Waals surface area contributed by atoms with E-state index in [1.165, 1.54) is 5.56 Å². The fourth-order valence-electron chi connectivity index (χ4n) is 2.39. The molecular weight excluding hydrogens is 240 g/mol. The lowest BCUT2D eigenvalue weighted by Gasteiger charge is -2.16. The van der Waals surface area contributed by atoms with E-state index in [1.54, 1.807) is 0 Å². The van der Waals surface area contributed by atoms with Crippen LogP contribution in [-0.4, -0.2) is 37.0 Å². The molecule has 104 valence electrons. The summed E-state index contributed by atoms with van der Waals surface area (Å²) in [6.45, 7) is 3.46. The molecule has 1 heterocycles. The third-order valence-electron chi connectivity index (χ3n) is 3.46. The van der Waals surface area contributed by atoms with E-state index >= 15 is 0 Å². The molecule has 0 radical (unpaired) electrons. The molecule has 1 aliphatic rings. The molecule has 19 heavy (non-hydrogen) atoms. The van der Waals surface area contributed by atoms with Crippen molar-refractivity contribution in [1.82, 2.24) is 4.90 Å². The summed E-state index contributed by atoms with van der Waals surface area (Å²) in [6.07, 6.45) is 1.49. The molecule has 2 rings (SSSR count). The average molecular weight is 262 g/mol. The Balaban J connectivity index is 1.67. The van der Waals surface area contributed by atoms with Crippen molar-refractivity contribution in [2.45, 2.75) is 19.4 Å². The second kappa shape index (κ2) is 7.26. The van der Waals surface area contributed by atoms with Gasteiger partial charge in [0.05, 0.1) is 13.2 Å². The highest BCUT2D eigenvalue weighted by molar-refractivity contribution is 5.76. The highest BCUT2D eigenvalue weighted by Gasteiger charge is 2.25. The van der Waals surface area contributed by atoms with Crippen LogP contribution in [0, 0.1) is 5.92 Å². The van der Waals surface area contributed by atoms with Crippen molar-refractivity contribution in [3.05, 3.63) is 35.9 Å². The van der Waals surface area contributed by atoms with Gasteiger partial charge in [-0.25, -0.2) is 0 Å². The molecule has 0 spiro atoms. The molecule has 1 aliphatic heterocycles. The Bertz CT molecular complexity index is 394. The molecule has 1 aromatic carbocycles. The zero-order valence-corrected chi connectivity index (χ0v) is 11.3. The summed E-state index contributed by atoms with van der Waals surface area (Å²) in [4.78, 5) is 13.6. The summed E-state index contributed by atoms with van der Waals surface area (Å²) >= 11 is 0. The van der Waals surface area contributed by atoms with Gasteiger partial charge in [-0.1, -0.05) is 30.3 Å². The SMILES string of the molecule is NCCC(=O)N1CCC(COCc2ccccc2)C1. The lowest BCUT2D eigenvalue weighted by atomic mass is 10.1. The Morgan fingerprint density at radius 1 is 1.37 bits per heavy atom. The number of rotatable bonds is 6. The fraction of sp³-hybridized carbons (Fsp3) is 0.533. The first kappa shape index (κ1) is 14.0. The van der Waals surface area contributed by atoms with E-state index in [9.17, 15) is 4.79 Å². The van der Waals surface area contributed by atoms with Gasteiger partial charge in [-0.2, -0.15) is 0 Å². The summed E-state index contributed by atoms with van der Waals surface area (Å²) in [5, 5.41) is 0. The quantitative estimate of drug-likeness (QED) is 0.843. The van der Waals surface area contributed by atoms with Crippen molar-refractivity contribution in [2.24, 2.45) is 11.7 Å². The van der Waals surface area contributed by atoms with Crippen LogP contribution in [-0.2, 0) is 16.1 Å². The Kier molecular flexibility index (Phi) is 5.36. The van der Waals surface area contributed by atoms with E-state index in [0.717, 1.165) is 26.1 Å². The third kappa shape index (κ3) is 4.33. The van der Waals surface area contributed by atoms with Crippen LogP contribution in [0.1, 0.15) is 18.4 Å². The van der Waals surface area contributed by atoms with Crippen LogP contribution in [0.25, 0.3) is 0 Å². The van der Waals surface area contributed by atoms with Gasteiger partial charge in [-0.15, -0.1) is 0 Å². The number of ether oxygens (including phenoxy) is 1. The molecule has 0 bridgehead atoms. The number of carbonyl (C=O) groups excluding carboxylic acids is 1. The topological polar surface area (TPSA) is 55.6 Å². The van der Waals surface area contributed by atoms with E-state index in [4.69, 9.17) is 10.5 Å². The zero-order valence-electron chi connectivity index (χ0n) is 11.3. The normalized spacial score (nSPS) is 18.8. The van der Waals surface area contributed by atoms with Gasteiger partial charge in [0.15, 0.2) is 0 Å².